The van der Waals surface area contributed by atoms with Gasteiger partial charge in [-0.3, -0.25) is 0 Å². The van der Waals surface area contributed by atoms with Gasteiger partial charge < -0.3 is 5.73 Å². The Kier molecular flexibility index (Phi) is 4.40. The zero-order valence-corrected chi connectivity index (χ0v) is 11.3. The molecule has 2 aromatic rings. The highest BCUT2D eigenvalue weighted by Gasteiger charge is 2.07. The van der Waals surface area contributed by atoms with Crippen LogP contribution in [0.1, 0.15) is 16.7 Å². The monoisotopic (exact) mass is 259 g/mol. The second-order valence-electron chi connectivity index (χ2n) is 4.72. The van der Waals surface area contributed by atoms with Gasteiger partial charge in [0, 0.05) is 11.1 Å². The number of hydrogen-bond acceptors (Lipinski definition) is 1. The summed E-state index contributed by atoms with van der Waals surface area (Å²) >= 11 is 5.95. The number of halogens is 1. The first-order valence-corrected chi connectivity index (χ1v) is 6.57. The SMILES string of the molecule is Cc1cc(Cl)ccc1CC(N)Cc1ccccc1. The highest BCUT2D eigenvalue weighted by atomic mass is 35.5. The molecule has 0 spiro atoms. The normalized spacial score (nSPS) is 12.4. The molecular weight excluding hydrogens is 242 g/mol. The molecule has 0 aliphatic carbocycles. The zero-order valence-electron chi connectivity index (χ0n) is 10.6. The molecule has 0 heterocycles. The summed E-state index contributed by atoms with van der Waals surface area (Å²) in [5.74, 6) is 0. The number of benzene rings is 2. The van der Waals surface area contributed by atoms with Crippen molar-refractivity contribution in [1.29, 1.82) is 0 Å². The van der Waals surface area contributed by atoms with Gasteiger partial charge in [0.05, 0.1) is 0 Å². The minimum atomic E-state index is 0.146. The van der Waals surface area contributed by atoms with Crippen molar-refractivity contribution >= 4 is 11.6 Å². The van der Waals surface area contributed by atoms with E-state index in [0.29, 0.717) is 0 Å². The molecule has 1 nitrogen and oxygen atoms in total. The molecule has 18 heavy (non-hydrogen) atoms. The van der Waals surface area contributed by atoms with Gasteiger partial charge in [0.25, 0.3) is 0 Å². The zero-order chi connectivity index (χ0) is 13.0. The van der Waals surface area contributed by atoms with Crippen molar-refractivity contribution in [3.8, 4) is 0 Å². The lowest BCUT2D eigenvalue weighted by atomic mass is 9.97. The minimum Gasteiger partial charge on any atom is -0.327 e. The summed E-state index contributed by atoms with van der Waals surface area (Å²) in [5.41, 5.74) is 9.99. The number of hydrogen-bond donors (Lipinski definition) is 1. The van der Waals surface area contributed by atoms with Crippen LogP contribution in [-0.4, -0.2) is 6.04 Å². The van der Waals surface area contributed by atoms with Crippen molar-refractivity contribution in [2.45, 2.75) is 25.8 Å². The molecule has 0 aliphatic heterocycles. The lowest BCUT2D eigenvalue weighted by Crippen LogP contribution is -2.25. The Morgan fingerprint density at radius 2 is 1.78 bits per heavy atom. The Bertz CT molecular complexity index is 508. The summed E-state index contributed by atoms with van der Waals surface area (Å²) in [4.78, 5) is 0. The maximum atomic E-state index is 6.21. The van der Waals surface area contributed by atoms with Gasteiger partial charge in [-0.05, 0) is 48.6 Å². The molecule has 0 bridgehead atoms. The van der Waals surface area contributed by atoms with Gasteiger partial charge in [0.1, 0.15) is 0 Å². The van der Waals surface area contributed by atoms with Crippen molar-refractivity contribution < 1.29 is 0 Å². The molecule has 94 valence electrons. The third-order valence-electron chi connectivity index (χ3n) is 3.13. The predicted molar refractivity (Wildman–Crippen MR) is 78.0 cm³/mol. The average Bonchev–Trinajstić information content (AvgIpc) is 2.34. The van der Waals surface area contributed by atoms with Gasteiger partial charge in [-0.25, -0.2) is 0 Å². The van der Waals surface area contributed by atoms with Crippen molar-refractivity contribution in [1.82, 2.24) is 0 Å². The van der Waals surface area contributed by atoms with Crippen LogP contribution >= 0.6 is 11.6 Å². The largest absolute Gasteiger partial charge is 0.327 e. The van der Waals surface area contributed by atoms with Crippen LogP contribution < -0.4 is 5.73 Å². The third-order valence-corrected chi connectivity index (χ3v) is 3.36. The standard InChI is InChI=1S/C16H18ClN/c1-12-9-15(17)8-7-14(12)11-16(18)10-13-5-3-2-4-6-13/h2-9,16H,10-11,18H2,1H3. The third kappa shape index (κ3) is 3.59. The second-order valence-corrected chi connectivity index (χ2v) is 5.16. The summed E-state index contributed by atoms with van der Waals surface area (Å²) in [7, 11) is 0. The topological polar surface area (TPSA) is 26.0 Å². The maximum absolute atomic E-state index is 6.21. The summed E-state index contributed by atoms with van der Waals surface area (Å²) in [6.07, 6.45) is 1.79. The van der Waals surface area contributed by atoms with E-state index >= 15 is 0 Å². The van der Waals surface area contributed by atoms with Gasteiger partial charge in [-0.2, -0.15) is 0 Å². The van der Waals surface area contributed by atoms with E-state index in [1.165, 1.54) is 16.7 Å². The molecule has 0 fully saturated rings. The predicted octanol–water partition coefficient (Wildman–Crippen LogP) is 3.76. The van der Waals surface area contributed by atoms with E-state index < -0.39 is 0 Å². The quantitative estimate of drug-likeness (QED) is 0.889. The Morgan fingerprint density at radius 1 is 1.06 bits per heavy atom. The second kappa shape index (κ2) is 6.03. The molecule has 2 heteroatoms. The maximum Gasteiger partial charge on any atom is 0.0408 e. The van der Waals surface area contributed by atoms with Crippen LogP contribution in [0, 0.1) is 6.92 Å². The minimum absolute atomic E-state index is 0.146. The molecule has 2 aromatic carbocycles. The molecule has 0 amide bonds. The number of aryl methyl sites for hydroxylation is 1. The molecule has 0 saturated carbocycles. The van der Waals surface area contributed by atoms with Crippen molar-refractivity contribution in [3.63, 3.8) is 0 Å². The van der Waals surface area contributed by atoms with Gasteiger partial charge in [-0.15, -0.1) is 0 Å². The number of rotatable bonds is 4. The highest BCUT2D eigenvalue weighted by molar-refractivity contribution is 6.30. The molecule has 2 N–H and O–H groups in total. The van der Waals surface area contributed by atoms with Crippen LogP contribution in [0.4, 0.5) is 0 Å². The Balaban J connectivity index is 2.01. The molecule has 0 aliphatic rings. The van der Waals surface area contributed by atoms with Gasteiger partial charge in [0.2, 0.25) is 0 Å². The lowest BCUT2D eigenvalue weighted by Gasteiger charge is -2.13. The van der Waals surface area contributed by atoms with Gasteiger partial charge in [-0.1, -0.05) is 48.0 Å². The molecule has 0 saturated heterocycles. The van der Waals surface area contributed by atoms with E-state index in [0.717, 1.165) is 17.9 Å². The molecule has 0 radical (unpaired) electrons. The summed E-state index contributed by atoms with van der Waals surface area (Å²) in [5, 5.41) is 0.785. The van der Waals surface area contributed by atoms with Crippen LogP contribution in [0.3, 0.4) is 0 Å². The summed E-state index contributed by atoms with van der Waals surface area (Å²) < 4.78 is 0. The van der Waals surface area contributed by atoms with Crippen molar-refractivity contribution in [2.24, 2.45) is 5.73 Å². The fourth-order valence-corrected chi connectivity index (χ4v) is 2.39. The Labute approximate surface area is 114 Å². The van der Waals surface area contributed by atoms with Crippen LogP contribution in [0.5, 0.6) is 0 Å². The Hall–Kier alpha value is -1.31. The van der Waals surface area contributed by atoms with Crippen LogP contribution in [0.25, 0.3) is 0 Å². The van der Waals surface area contributed by atoms with Crippen LogP contribution in [0.2, 0.25) is 5.02 Å². The van der Waals surface area contributed by atoms with E-state index in [-0.39, 0.29) is 6.04 Å². The van der Waals surface area contributed by atoms with E-state index in [1.807, 2.05) is 18.2 Å². The summed E-state index contributed by atoms with van der Waals surface area (Å²) in [6, 6.07) is 16.5. The van der Waals surface area contributed by atoms with E-state index in [2.05, 4.69) is 37.3 Å². The van der Waals surface area contributed by atoms with Crippen LogP contribution in [-0.2, 0) is 12.8 Å². The molecule has 1 atom stereocenters. The smallest absolute Gasteiger partial charge is 0.0408 e. The van der Waals surface area contributed by atoms with Crippen molar-refractivity contribution in [2.75, 3.05) is 0 Å². The molecule has 0 aromatic heterocycles. The average molecular weight is 260 g/mol. The van der Waals surface area contributed by atoms with Gasteiger partial charge in [0.15, 0.2) is 0 Å². The number of nitrogens with two attached hydrogens (primary N) is 1. The van der Waals surface area contributed by atoms with E-state index in [4.69, 9.17) is 17.3 Å². The fourth-order valence-electron chi connectivity index (χ4n) is 2.16. The first-order chi connectivity index (χ1) is 8.65. The molecule has 2 rings (SSSR count). The van der Waals surface area contributed by atoms with Crippen LogP contribution in [0.15, 0.2) is 48.5 Å². The molecular formula is C16H18ClN. The molecule has 1 unspecified atom stereocenters. The van der Waals surface area contributed by atoms with Gasteiger partial charge >= 0.3 is 0 Å². The van der Waals surface area contributed by atoms with Crippen molar-refractivity contribution in [3.05, 3.63) is 70.2 Å². The van der Waals surface area contributed by atoms with E-state index in [9.17, 15) is 0 Å². The Morgan fingerprint density at radius 3 is 2.44 bits per heavy atom. The first-order valence-electron chi connectivity index (χ1n) is 6.19. The highest BCUT2D eigenvalue weighted by Crippen LogP contribution is 2.17. The van der Waals surface area contributed by atoms with E-state index in [1.54, 1.807) is 0 Å². The summed E-state index contributed by atoms with van der Waals surface area (Å²) in [6.45, 7) is 2.08. The first kappa shape index (κ1) is 13.1. The lowest BCUT2D eigenvalue weighted by molar-refractivity contribution is 0.663. The fraction of sp³-hybridized carbons (Fsp3) is 0.250.